The van der Waals surface area contributed by atoms with Crippen LogP contribution in [0.5, 0.6) is 0 Å². The zero-order valence-electron chi connectivity index (χ0n) is 8.43. The lowest BCUT2D eigenvalue weighted by molar-refractivity contribution is -0.419. The van der Waals surface area contributed by atoms with E-state index in [4.69, 9.17) is 0 Å². The monoisotopic (exact) mass is 194 g/mol. The van der Waals surface area contributed by atoms with Gasteiger partial charge in [0.2, 0.25) is 0 Å². The zero-order valence-corrected chi connectivity index (χ0v) is 8.43. The molecule has 4 heteroatoms. The van der Waals surface area contributed by atoms with Crippen molar-refractivity contribution in [3.05, 3.63) is 46.2 Å². The van der Waals surface area contributed by atoms with Gasteiger partial charge in [-0.1, -0.05) is 12.7 Å². The van der Waals surface area contributed by atoms with Gasteiger partial charge < -0.3 is 4.90 Å². The molecule has 0 heterocycles. The fourth-order valence-corrected chi connectivity index (χ4v) is 1.37. The van der Waals surface area contributed by atoms with E-state index in [1.807, 2.05) is 25.1 Å². The molecule has 0 aromatic rings. The van der Waals surface area contributed by atoms with Crippen LogP contribution in [0.4, 0.5) is 0 Å². The Labute approximate surface area is 83.4 Å². The van der Waals surface area contributed by atoms with Crippen LogP contribution >= 0.6 is 0 Å². The van der Waals surface area contributed by atoms with Crippen LogP contribution in [0.2, 0.25) is 0 Å². The number of rotatable bonds is 3. The standard InChI is InChI=1S/C10H14N2O2/c1-8-6-10(12(13)14)5-4-9(8)7-11(2)3/h4-6,9H,1,7H2,2-3H3. The Morgan fingerprint density at radius 2 is 2.29 bits per heavy atom. The van der Waals surface area contributed by atoms with Crippen molar-refractivity contribution in [2.75, 3.05) is 20.6 Å². The number of nitrogens with zero attached hydrogens (tertiary/aromatic N) is 2. The van der Waals surface area contributed by atoms with Crippen molar-refractivity contribution < 1.29 is 4.92 Å². The summed E-state index contributed by atoms with van der Waals surface area (Å²) in [5.74, 6) is 0.189. The summed E-state index contributed by atoms with van der Waals surface area (Å²) in [5, 5.41) is 10.5. The minimum Gasteiger partial charge on any atom is -0.308 e. The highest BCUT2D eigenvalue weighted by atomic mass is 16.6. The van der Waals surface area contributed by atoms with Crippen LogP contribution in [0.25, 0.3) is 0 Å². The van der Waals surface area contributed by atoms with Crippen molar-refractivity contribution in [2.45, 2.75) is 0 Å². The molecule has 1 aliphatic carbocycles. The molecule has 0 aliphatic heterocycles. The molecule has 14 heavy (non-hydrogen) atoms. The summed E-state index contributed by atoms with van der Waals surface area (Å²) in [5.41, 5.74) is 0.915. The minimum absolute atomic E-state index is 0.116. The van der Waals surface area contributed by atoms with Crippen LogP contribution in [0, 0.1) is 16.0 Å². The quantitative estimate of drug-likeness (QED) is 0.504. The third kappa shape index (κ3) is 2.53. The summed E-state index contributed by atoms with van der Waals surface area (Å²) in [7, 11) is 3.93. The second-order valence-corrected chi connectivity index (χ2v) is 3.63. The molecule has 1 atom stereocenters. The molecule has 0 N–H and O–H groups in total. The van der Waals surface area contributed by atoms with E-state index in [0.717, 1.165) is 12.1 Å². The van der Waals surface area contributed by atoms with E-state index in [1.54, 1.807) is 6.08 Å². The van der Waals surface area contributed by atoms with Crippen molar-refractivity contribution >= 4 is 0 Å². The highest BCUT2D eigenvalue weighted by Gasteiger charge is 2.18. The highest BCUT2D eigenvalue weighted by molar-refractivity contribution is 5.34. The predicted octanol–water partition coefficient (Wildman–Crippen LogP) is 1.45. The topological polar surface area (TPSA) is 46.4 Å². The van der Waals surface area contributed by atoms with Crippen molar-refractivity contribution in [3.8, 4) is 0 Å². The van der Waals surface area contributed by atoms with E-state index < -0.39 is 4.92 Å². The van der Waals surface area contributed by atoms with E-state index in [2.05, 4.69) is 6.58 Å². The first kappa shape index (κ1) is 10.7. The second-order valence-electron chi connectivity index (χ2n) is 3.63. The van der Waals surface area contributed by atoms with E-state index in [-0.39, 0.29) is 11.6 Å². The van der Waals surface area contributed by atoms with E-state index in [1.165, 1.54) is 6.08 Å². The average Bonchev–Trinajstić information content (AvgIpc) is 2.07. The average molecular weight is 194 g/mol. The first-order valence-corrected chi connectivity index (χ1v) is 4.38. The summed E-state index contributed by atoms with van der Waals surface area (Å²) < 4.78 is 0. The van der Waals surface area contributed by atoms with Gasteiger partial charge in [0.1, 0.15) is 0 Å². The Morgan fingerprint density at radius 3 is 2.71 bits per heavy atom. The molecule has 0 radical (unpaired) electrons. The van der Waals surface area contributed by atoms with Crippen LogP contribution in [0.1, 0.15) is 0 Å². The van der Waals surface area contributed by atoms with Gasteiger partial charge in [0.15, 0.2) is 0 Å². The molecule has 1 rings (SSSR count). The van der Waals surface area contributed by atoms with Crippen molar-refractivity contribution in [3.63, 3.8) is 0 Å². The third-order valence-electron chi connectivity index (χ3n) is 2.08. The summed E-state index contributed by atoms with van der Waals surface area (Å²) in [4.78, 5) is 12.1. The fourth-order valence-electron chi connectivity index (χ4n) is 1.37. The van der Waals surface area contributed by atoms with Crippen molar-refractivity contribution in [1.29, 1.82) is 0 Å². The van der Waals surface area contributed by atoms with Crippen molar-refractivity contribution in [2.24, 2.45) is 5.92 Å². The Bertz CT molecular complexity index is 316. The van der Waals surface area contributed by atoms with Gasteiger partial charge in [-0.05, 0) is 19.7 Å². The van der Waals surface area contributed by atoms with Crippen LogP contribution in [-0.4, -0.2) is 30.5 Å². The Balaban J connectivity index is 2.71. The minimum atomic E-state index is -0.395. The maximum atomic E-state index is 10.5. The molecule has 76 valence electrons. The predicted molar refractivity (Wildman–Crippen MR) is 55.4 cm³/mol. The van der Waals surface area contributed by atoms with Gasteiger partial charge in [-0.3, -0.25) is 10.1 Å². The van der Waals surface area contributed by atoms with Gasteiger partial charge in [0.05, 0.1) is 4.92 Å². The first-order valence-electron chi connectivity index (χ1n) is 4.38. The SMILES string of the molecule is C=C1C=C([N+](=O)[O-])C=CC1CN(C)C. The van der Waals surface area contributed by atoms with Crippen LogP contribution < -0.4 is 0 Å². The van der Waals surface area contributed by atoms with E-state index >= 15 is 0 Å². The number of nitro groups is 1. The second kappa shape index (κ2) is 4.19. The molecule has 0 saturated carbocycles. The molecule has 1 unspecified atom stereocenters. The molecule has 0 aromatic carbocycles. The lowest BCUT2D eigenvalue weighted by atomic mass is 9.94. The number of allylic oxidation sites excluding steroid dienone is 2. The van der Waals surface area contributed by atoms with Crippen molar-refractivity contribution in [1.82, 2.24) is 4.90 Å². The van der Waals surface area contributed by atoms with E-state index in [9.17, 15) is 10.1 Å². The largest absolute Gasteiger partial charge is 0.308 e. The highest BCUT2D eigenvalue weighted by Crippen LogP contribution is 2.21. The number of hydrogen-bond donors (Lipinski definition) is 0. The first-order chi connectivity index (χ1) is 6.50. The van der Waals surface area contributed by atoms with Gasteiger partial charge in [0.25, 0.3) is 5.70 Å². The smallest absolute Gasteiger partial charge is 0.269 e. The van der Waals surface area contributed by atoms with Gasteiger partial charge >= 0.3 is 0 Å². The lowest BCUT2D eigenvalue weighted by Gasteiger charge is -2.19. The number of hydrogen-bond acceptors (Lipinski definition) is 3. The molecule has 4 nitrogen and oxygen atoms in total. The van der Waals surface area contributed by atoms with Gasteiger partial charge in [0, 0.05) is 24.6 Å². The Morgan fingerprint density at radius 1 is 1.64 bits per heavy atom. The zero-order chi connectivity index (χ0) is 10.7. The Kier molecular flexibility index (Phi) is 3.19. The summed E-state index contributed by atoms with van der Waals surface area (Å²) in [6.45, 7) is 4.65. The summed E-state index contributed by atoms with van der Waals surface area (Å²) in [6.07, 6.45) is 4.91. The molecule has 0 saturated heterocycles. The molecule has 0 aromatic heterocycles. The van der Waals surface area contributed by atoms with E-state index in [0.29, 0.717) is 0 Å². The maximum absolute atomic E-state index is 10.5. The molecular formula is C10H14N2O2. The molecule has 1 aliphatic rings. The van der Waals surface area contributed by atoms with Crippen LogP contribution in [0.15, 0.2) is 36.1 Å². The maximum Gasteiger partial charge on any atom is 0.269 e. The van der Waals surface area contributed by atoms with Crippen LogP contribution in [-0.2, 0) is 0 Å². The summed E-state index contributed by atoms with van der Waals surface area (Å²) >= 11 is 0. The lowest BCUT2D eigenvalue weighted by Crippen LogP contribution is -2.22. The normalized spacial score (nSPS) is 21.2. The summed E-state index contributed by atoms with van der Waals surface area (Å²) in [6, 6.07) is 0. The molecular weight excluding hydrogens is 180 g/mol. The third-order valence-corrected chi connectivity index (χ3v) is 2.08. The molecule has 0 bridgehead atoms. The molecule has 0 fully saturated rings. The van der Waals surface area contributed by atoms with Gasteiger partial charge in [-0.15, -0.1) is 0 Å². The molecule has 0 spiro atoms. The Hall–Kier alpha value is -1.42. The fraction of sp³-hybridized carbons (Fsp3) is 0.400. The molecule has 0 amide bonds. The van der Waals surface area contributed by atoms with Gasteiger partial charge in [-0.25, -0.2) is 0 Å². The van der Waals surface area contributed by atoms with Gasteiger partial charge in [-0.2, -0.15) is 0 Å². The van der Waals surface area contributed by atoms with Crippen LogP contribution in [0.3, 0.4) is 0 Å².